The van der Waals surface area contributed by atoms with Crippen molar-refractivity contribution < 1.29 is 5.21 Å². The molecule has 1 N–H and O–H groups in total. The molecule has 1 aliphatic heterocycles. The van der Waals surface area contributed by atoms with Crippen LogP contribution in [0, 0.1) is 0 Å². The molecule has 0 unspecified atom stereocenters. The zero-order valence-electron chi connectivity index (χ0n) is 10.8. The smallest absolute Gasteiger partial charge is 0.101 e. The lowest BCUT2D eigenvalue weighted by Crippen LogP contribution is -2.46. The maximum Gasteiger partial charge on any atom is 0.101 e. The van der Waals surface area contributed by atoms with Crippen molar-refractivity contribution in [3.63, 3.8) is 0 Å². The van der Waals surface area contributed by atoms with Crippen LogP contribution in [-0.4, -0.2) is 60.5 Å². The maximum atomic E-state index is 9.20. The topological polar surface area (TPSA) is 39.1 Å². The highest BCUT2D eigenvalue weighted by molar-refractivity contribution is 6.42. The summed E-state index contributed by atoms with van der Waals surface area (Å²) in [5.41, 5.74) is 1.42. The standard InChI is InChI=1S/C13H17Cl2N3O/c1-17-4-6-18(7-5-17)9-13(16-19)10-2-3-11(14)12(15)8-10/h2-3,8,19H,4-7,9H2,1H3/b16-13-. The van der Waals surface area contributed by atoms with Gasteiger partial charge in [0.2, 0.25) is 0 Å². The van der Waals surface area contributed by atoms with Gasteiger partial charge in [0.25, 0.3) is 0 Å². The van der Waals surface area contributed by atoms with Crippen molar-refractivity contribution in [1.29, 1.82) is 0 Å². The second-order valence-corrected chi connectivity index (χ2v) is 5.57. The molecule has 4 nitrogen and oxygen atoms in total. The van der Waals surface area contributed by atoms with Gasteiger partial charge in [-0.25, -0.2) is 0 Å². The van der Waals surface area contributed by atoms with Gasteiger partial charge in [0.15, 0.2) is 0 Å². The number of halogens is 2. The lowest BCUT2D eigenvalue weighted by Gasteiger charge is -2.32. The van der Waals surface area contributed by atoms with Crippen molar-refractivity contribution in [2.24, 2.45) is 5.16 Å². The van der Waals surface area contributed by atoms with Gasteiger partial charge in [0.05, 0.1) is 10.0 Å². The van der Waals surface area contributed by atoms with Crippen LogP contribution in [0.3, 0.4) is 0 Å². The van der Waals surface area contributed by atoms with Crippen LogP contribution in [0.25, 0.3) is 0 Å². The first-order valence-electron chi connectivity index (χ1n) is 6.17. The molecule has 0 atom stereocenters. The first-order valence-corrected chi connectivity index (χ1v) is 6.93. The Morgan fingerprint density at radius 2 is 1.89 bits per heavy atom. The molecule has 1 aromatic carbocycles. The molecule has 0 bridgehead atoms. The fraction of sp³-hybridized carbons (Fsp3) is 0.462. The number of hydrogen-bond donors (Lipinski definition) is 1. The van der Waals surface area contributed by atoms with Crippen molar-refractivity contribution in [3.8, 4) is 0 Å². The number of nitrogens with zero attached hydrogens (tertiary/aromatic N) is 3. The van der Waals surface area contributed by atoms with E-state index in [4.69, 9.17) is 23.2 Å². The van der Waals surface area contributed by atoms with Crippen LogP contribution < -0.4 is 0 Å². The largest absolute Gasteiger partial charge is 0.411 e. The highest BCUT2D eigenvalue weighted by Crippen LogP contribution is 2.23. The van der Waals surface area contributed by atoms with E-state index in [2.05, 4.69) is 22.0 Å². The van der Waals surface area contributed by atoms with Gasteiger partial charge in [-0.15, -0.1) is 0 Å². The summed E-state index contributed by atoms with van der Waals surface area (Å²) in [7, 11) is 2.11. The fourth-order valence-electron chi connectivity index (χ4n) is 2.07. The molecule has 1 saturated heterocycles. The number of hydrogen-bond acceptors (Lipinski definition) is 4. The van der Waals surface area contributed by atoms with E-state index in [-0.39, 0.29) is 0 Å². The van der Waals surface area contributed by atoms with Crippen LogP contribution in [0.5, 0.6) is 0 Å². The van der Waals surface area contributed by atoms with E-state index in [1.165, 1.54) is 0 Å². The zero-order valence-corrected chi connectivity index (χ0v) is 12.3. The average molecular weight is 302 g/mol. The summed E-state index contributed by atoms with van der Waals surface area (Å²) in [5.74, 6) is 0. The Kier molecular flexibility index (Phi) is 5.05. The molecule has 0 aromatic heterocycles. The quantitative estimate of drug-likeness (QED) is 0.529. The Labute approximate surface area is 123 Å². The Morgan fingerprint density at radius 3 is 2.47 bits per heavy atom. The average Bonchev–Trinajstić information content (AvgIpc) is 2.41. The Morgan fingerprint density at radius 1 is 1.21 bits per heavy atom. The van der Waals surface area contributed by atoms with Crippen LogP contribution >= 0.6 is 23.2 Å². The second kappa shape index (κ2) is 6.57. The lowest BCUT2D eigenvalue weighted by atomic mass is 10.1. The van der Waals surface area contributed by atoms with Gasteiger partial charge in [-0.1, -0.05) is 34.4 Å². The summed E-state index contributed by atoms with van der Waals surface area (Å²) in [5, 5.41) is 13.6. The number of piperazine rings is 1. The summed E-state index contributed by atoms with van der Waals surface area (Å²) in [6.45, 7) is 4.61. The van der Waals surface area contributed by atoms with Crippen molar-refractivity contribution >= 4 is 28.9 Å². The molecule has 1 heterocycles. The number of benzene rings is 1. The minimum atomic E-state index is 0.471. The zero-order chi connectivity index (χ0) is 13.8. The molecule has 0 radical (unpaired) electrons. The molecule has 1 aliphatic rings. The predicted octanol–water partition coefficient (Wildman–Crippen LogP) is 2.42. The van der Waals surface area contributed by atoms with Gasteiger partial charge in [-0.05, 0) is 19.2 Å². The van der Waals surface area contributed by atoms with Crippen molar-refractivity contribution in [3.05, 3.63) is 33.8 Å². The van der Waals surface area contributed by atoms with E-state index < -0.39 is 0 Å². The van der Waals surface area contributed by atoms with E-state index in [0.29, 0.717) is 22.3 Å². The molecule has 0 spiro atoms. The summed E-state index contributed by atoms with van der Waals surface area (Å²) in [6.07, 6.45) is 0. The van der Waals surface area contributed by atoms with Gasteiger partial charge in [0, 0.05) is 38.3 Å². The van der Waals surface area contributed by atoms with E-state index in [1.807, 2.05) is 6.07 Å². The first-order chi connectivity index (χ1) is 9.10. The third-order valence-electron chi connectivity index (χ3n) is 3.34. The highest BCUT2D eigenvalue weighted by Gasteiger charge is 2.17. The Hall–Kier alpha value is -0.810. The number of rotatable bonds is 3. The van der Waals surface area contributed by atoms with Crippen LogP contribution in [0.15, 0.2) is 23.4 Å². The predicted molar refractivity (Wildman–Crippen MR) is 78.7 cm³/mol. The van der Waals surface area contributed by atoms with E-state index in [0.717, 1.165) is 31.7 Å². The van der Waals surface area contributed by atoms with Gasteiger partial charge >= 0.3 is 0 Å². The molecule has 0 aliphatic carbocycles. The van der Waals surface area contributed by atoms with Gasteiger partial charge in [-0.3, -0.25) is 4.90 Å². The molecule has 0 amide bonds. The van der Waals surface area contributed by atoms with E-state index >= 15 is 0 Å². The third kappa shape index (κ3) is 3.83. The van der Waals surface area contributed by atoms with Gasteiger partial charge < -0.3 is 10.1 Å². The Balaban J connectivity index is 2.06. The van der Waals surface area contributed by atoms with E-state index in [9.17, 15) is 5.21 Å². The minimum Gasteiger partial charge on any atom is -0.411 e. The van der Waals surface area contributed by atoms with Crippen LogP contribution in [-0.2, 0) is 0 Å². The lowest BCUT2D eigenvalue weighted by molar-refractivity contribution is 0.169. The molecule has 1 aromatic rings. The minimum absolute atomic E-state index is 0.471. The van der Waals surface area contributed by atoms with Crippen LogP contribution in [0.4, 0.5) is 0 Å². The summed E-state index contributed by atoms with van der Waals surface area (Å²) in [4.78, 5) is 4.54. The second-order valence-electron chi connectivity index (χ2n) is 4.76. The van der Waals surface area contributed by atoms with Crippen LogP contribution in [0.1, 0.15) is 5.56 Å². The molecule has 2 rings (SSSR count). The first kappa shape index (κ1) is 14.6. The summed E-state index contributed by atoms with van der Waals surface area (Å²) < 4.78 is 0. The molecule has 0 saturated carbocycles. The fourth-order valence-corrected chi connectivity index (χ4v) is 2.37. The summed E-state index contributed by atoms with van der Waals surface area (Å²) >= 11 is 11.9. The maximum absolute atomic E-state index is 9.20. The molecular weight excluding hydrogens is 285 g/mol. The Bertz CT molecular complexity index is 471. The normalized spacial score (nSPS) is 18.8. The molecular formula is C13H17Cl2N3O. The number of oxime groups is 1. The van der Waals surface area contributed by atoms with Crippen molar-refractivity contribution in [2.75, 3.05) is 39.8 Å². The summed E-state index contributed by atoms with van der Waals surface area (Å²) in [6, 6.07) is 5.27. The monoisotopic (exact) mass is 301 g/mol. The molecule has 104 valence electrons. The molecule has 19 heavy (non-hydrogen) atoms. The number of likely N-dealkylation sites (N-methyl/N-ethyl adjacent to an activating group) is 1. The SMILES string of the molecule is CN1CCN(C/C(=N/O)c2ccc(Cl)c(Cl)c2)CC1. The van der Waals surface area contributed by atoms with E-state index in [1.54, 1.807) is 12.1 Å². The third-order valence-corrected chi connectivity index (χ3v) is 4.08. The van der Waals surface area contributed by atoms with Crippen molar-refractivity contribution in [2.45, 2.75) is 0 Å². The van der Waals surface area contributed by atoms with Crippen LogP contribution in [0.2, 0.25) is 10.0 Å². The van der Waals surface area contributed by atoms with Gasteiger partial charge in [0.1, 0.15) is 5.71 Å². The molecule has 6 heteroatoms. The highest BCUT2D eigenvalue weighted by atomic mass is 35.5. The van der Waals surface area contributed by atoms with Gasteiger partial charge in [-0.2, -0.15) is 0 Å². The van der Waals surface area contributed by atoms with Crippen molar-refractivity contribution in [1.82, 2.24) is 9.80 Å². The molecule has 1 fully saturated rings.